The van der Waals surface area contributed by atoms with Crippen molar-refractivity contribution < 1.29 is 18.0 Å². The average Bonchev–Trinajstić information content (AvgIpc) is 2.78. The minimum atomic E-state index is -3.90. The van der Waals surface area contributed by atoms with Crippen LogP contribution in [0.1, 0.15) is 32.3 Å². The van der Waals surface area contributed by atoms with Crippen molar-refractivity contribution >= 4 is 33.4 Å². The van der Waals surface area contributed by atoms with E-state index in [1.807, 2.05) is 44.2 Å². The first-order chi connectivity index (χ1) is 15.2. The molecule has 9 heteroatoms. The van der Waals surface area contributed by atoms with E-state index >= 15 is 0 Å². The van der Waals surface area contributed by atoms with Crippen LogP contribution in [0.15, 0.2) is 59.5 Å². The molecule has 0 radical (unpaired) electrons. The predicted molar refractivity (Wildman–Crippen MR) is 126 cm³/mol. The monoisotopic (exact) mass is 479 g/mol. The van der Waals surface area contributed by atoms with E-state index < -0.39 is 28.5 Å². The van der Waals surface area contributed by atoms with Crippen LogP contribution >= 0.6 is 11.6 Å². The molecule has 0 heterocycles. The standard InChI is InChI=1S/C23H30ClN3O4S/c1-4-15-25-23(29)21(5-2)27(16-18-9-7-6-8-10-18)22(28)17-26(3)32(30,31)20-13-11-19(24)12-14-20/h6-14,21H,4-5,15-17H2,1-3H3,(H,25,29)/t21-/m0/s1. The van der Waals surface area contributed by atoms with Crippen molar-refractivity contribution in [3.05, 3.63) is 65.2 Å². The average molecular weight is 480 g/mol. The van der Waals surface area contributed by atoms with Crippen molar-refractivity contribution in [1.29, 1.82) is 0 Å². The lowest BCUT2D eigenvalue weighted by molar-refractivity contribution is -0.141. The lowest BCUT2D eigenvalue weighted by atomic mass is 10.1. The van der Waals surface area contributed by atoms with Crippen LogP contribution in [-0.4, -0.2) is 55.6 Å². The Morgan fingerprint density at radius 3 is 2.22 bits per heavy atom. The summed E-state index contributed by atoms with van der Waals surface area (Å²) in [5.74, 6) is -0.700. The fourth-order valence-electron chi connectivity index (χ4n) is 3.22. The molecule has 2 aromatic rings. The summed E-state index contributed by atoms with van der Waals surface area (Å²) >= 11 is 5.85. The van der Waals surface area contributed by atoms with Gasteiger partial charge in [0.2, 0.25) is 21.8 Å². The van der Waals surface area contributed by atoms with Crippen molar-refractivity contribution in [1.82, 2.24) is 14.5 Å². The van der Waals surface area contributed by atoms with E-state index in [-0.39, 0.29) is 17.3 Å². The van der Waals surface area contributed by atoms with Crippen LogP contribution < -0.4 is 5.32 Å². The molecule has 32 heavy (non-hydrogen) atoms. The molecule has 1 N–H and O–H groups in total. The van der Waals surface area contributed by atoms with Crippen molar-refractivity contribution in [3.63, 3.8) is 0 Å². The molecule has 0 unspecified atom stereocenters. The van der Waals surface area contributed by atoms with Gasteiger partial charge in [-0.05, 0) is 42.7 Å². The molecule has 0 aliphatic carbocycles. The molecule has 1 atom stereocenters. The molecule has 2 aromatic carbocycles. The summed E-state index contributed by atoms with van der Waals surface area (Å²) in [6.07, 6.45) is 1.18. The predicted octanol–water partition coefficient (Wildman–Crippen LogP) is 3.29. The number of rotatable bonds is 11. The maximum Gasteiger partial charge on any atom is 0.243 e. The van der Waals surface area contributed by atoms with E-state index in [4.69, 9.17) is 11.6 Å². The first kappa shape index (κ1) is 25.8. The van der Waals surface area contributed by atoms with Crippen molar-refractivity contribution in [2.75, 3.05) is 20.1 Å². The molecule has 0 aliphatic heterocycles. The zero-order valence-electron chi connectivity index (χ0n) is 18.6. The molecule has 0 fully saturated rings. The van der Waals surface area contributed by atoms with Gasteiger partial charge in [0.25, 0.3) is 0 Å². The number of carbonyl (C=O) groups excluding carboxylic acids is 2. The zero-order chi connectivity index (χ0) is 23.7. The number of hydrogen-bond acceptors (Lipinski definition) is 4. The van der Waals surface area contributed by atoms with E-state index in [1.54, 1.807) is 0 Å². The highest BCUT2D eigenvalue weighted by Gasteiger charge is 2.31. The molecular formula is C23H30ClN3O4S. The van der Waals surface area contributed by atoms with E-state index in [2.05, 4.69) is 5.32 Å². The third kappa shape index (κ3) is 6.79. The number of benzene rings is 2. The molecule has 0 bridgehead atoms. The van der Waals surface area contributed by atoms with Crippen molar-refractivity contribution in [2.45, 2.75) is 44.2 Å². The van der Waals surface area contributed by atoms with E-state index in [0.29, 0.717) is 18.0 Å². The van der Waals surface area contributed by atoms with E-state index in [9.17, 15) is 18.0 Å². The molecule has 2 rings (SSSR count). The number of halogens is 1. The highest BCUT2D eigenvalue weighted by Crippen LogP contribution is 2.19. The molecule has 174 valence electrons. The van der Waals surface area contributed by atoms with Gasteiger partial charge >= 0.3 is 0 Å². The molecular weight excluding hydrogens is 450 g/mol. The van der Waals surface area contributed by atoms with Crippen LogP contribution in [0.5, 0.6) is 0 Å². The topological polar surface area (TPSA) is 86.8 Å². The summed E-state index contributed by atoms with van der Waals surface area (Å²) < 4.78 is 26.8. The Hall–Kier alpha value is -2.42. The molecule has 0 saturated heterocycles. The minimum Gasteiger partial charge on any atom is -0.354 e. The lowest BCUT2D eigenvalue weighted by Crippen LogP contribution is -2.51. The van der Waals surface area contributed by atoms with Crippen LogP contribution in [0.3, 0.4) is 0 Å². The van der Waals surface area contributed by atoms with Crippen LogP contribution in [-0.2, 0) is 26.2 Å². The fraction of sp³-hybridized carbons (Fsp3) is 0.391. The number of likely N-dealkylation sites (N-methyl/N-ethyl adjacent to an activating group) is 1. The van der Waals surface area contributed by atoms with Gasteiger partial charge in [-0.15, -0.1) is 0 Å². The highest BCUT2D eigenvalue weighted by atomic mass is 35.5. The van der Waals surface area contributed by atoms with Gasteiger partial charge in [-0.1, -0.05) is 55.8 Å². The Kier molecular flexibility index (Phi) is 9.68. The van der Waals surface area contributed by atoms with Gasteiger partial charge in [-0.3, -0.25) is 9.59 Å². The Morgan fingerprint density at radius 1 is 1.03 bits per heavy atom. The van der Waals surface area contributed by atoms with Crippen LogP contribution in [0.2, 0.25) is 5.02 Å². The second-order valence-electron chi connectivity index (χ2n) is 7.44. The van der Waals surface area contributed by atoms with Gasteiger partial charge in [0.1, 0.15) is 6.04 Å². The Labute approximate surface area is 195 Å². The molecule has 0 aliphatic rings. The Morgan fingerprint density at radius 2 is 1.66 bits per heavy atom. The molecule has 0 spiro atoms. The van der Waals surface area contributed by atoms with Gasteiger partial charge in [0, 0.05) is 25.2 Å². The maximum absolute atomic E-state index is 13.3. The number of carbonyl (C=O) groups is 2. The third-order valence-corrected chi connectivity index (χ3v) is 7.08. The van der Waals surface area contributed by atoms with E-state index in [0.717, 1.165) is 16.3 Å². The van der Waals surface area contributed by atoms with E-state index in [1.165, 1.54) is 36.2 Å². The first-order valence-electron chi connectivity index (χ1n) is 10.5. The molecule has 0 saturated carbocycles. The second kappa shape index (κ2) is 12.0. The van der Waals surface area contributed by atoms with Gasteiger partial charge in [0.15, 0.2) is 0 Å². The van der Waals surface area contributed by atoms with Gasteiger partial charge in [0.05, 0.1) is 11.4 Å². The number of nitrogens with one attached hydrogen (secondary N) is 1. The Balaban J connectivity index is 2.27. The van der Waals surface area contributed by atoms with Crippen LogP contribution in [0.4, 0.5) is 0 Å². The Bertz CT molecular complexity index is 998. The summed E-state index contributed by atoms with van der Waals surface area (Å²) in [6.45, 7) is 4.09. The summed E-state index contributed by atoms with van der Waals surface area (Å²) in [6, 6.07) is 14.4. The third-order valence-electron chi connectivity index (χ3n) is 5.01. The van der Waals surface area contributed by atoms with Gasteiger partial charge < -0.3 is 10.2 Å². The van der Waals surface area contributed by atoms with Crippen molar-refractivity contribution in [3.8, 4) is 0 Å². The number of amides is 2. The fourth-order valence-corrected chi connectivity index (χ4v) is 4.46. The SMILES string of the molecule is CCCNC(=O)[C@H](CC)N(Cc1ccccc1)C(=O)CN(C)S(=O)(=O)c1ccc(Cl)cc1. The van der Waals surface area contributed by atoms with Gasteiger partial charge in [-0.2, -0.15) is 4.31 Å². The number of hydrogen-bond donors (Lipinski definition) is 1. The molecule has 0 aromatic heterocycles. The summed E-state index contributed by atoms with van der Waals surface area (Å²) in [4.78, 5) is 27.5. The second-order valence-corrected chi connectivity index (χ2v) is 9.92. The minimum absolute atomic E-state index is 0.0412. The van der Waals surface area contributed by atoms with Crippen LogP contribution in [0.25, 0.3) is 0 Å². The normalized spacial score (nSPS) is 12.4. The van der Waals surface area contributed by atoms with Crippen molar-refractivity contribution in [2.24, 2.45) is 0 Å². The quantitative estimate of drug-likeness (QED) is 0.535. The van der Waals surface area contributed by atoms with Gasteiger partial charge in [-0.25, -0.2) is 8.42 Å². The summed E-state index contributed by atoms with van der Waals surface area (Å²) in [7, 11) is -2.55. The smallest absolute Gasteiger partial charge is 0.243 e. The zero-order valence-corrected chi connectivity index (χ0v) is 20.2. The molecule has 2 amide bonds. The maximum atomic E-state index is 13.3. The lowest BCUT2D eigenvalue weighted by Gasteiger charge is -2.32. The highest BCUT2D eigenvalue weighted by molar-refractivity contribution is 7.89. The largest absolute Gasteiger partial charge is 0.354 e. The first-order valence-corrected chi connectivity index (χ1v) is 12.4. The van der Waals surface area contributed by atoms with Crippen LogP contribution in [0, 0.1) is 0 Å². The summed E-state index contributed by atoms with van der Waals surface area (Å²) in [5.41, 5.74) is 0.853. The molecule has 7 nitrogen and oxygen atoms in total. The number of sulfonamides is 1. The summed E-state index contributed by atoms with van der Waals surface area (Å²) in [5, 5.41) is 3.26. The number of nitrogens with zero attached hydrogens (tertiary/aromatic N) is 2.